The van der Waals surface area contributed by atoms with E-state index in [1.165, 1.54) is 6.08 Å². The third-order valence-corrected chi connectivity index (χ3v) is 0.516. The van der Waals surface area contributed by atoms with Gasteiger partial charge in [-0.05, 0) is 0 Å². The van der Waals surface area contributed by atoms with Gasteiger partial charge in [-0.2, -0.15) is 4.99 Å². The fourth-order valence-corrected chi connectivity index (χ4v) is 0.220. The summed E-state index contributed by atoms with van der Waals surface area (Å²) in [6, 6.07) is 0. The highest BCUT2D eigenvalue weighted by Gasteiger charge is 1.62. The van der Waals surface area contributed by atoms with Crippen molar-refractivity contribution < 1.29 is 9.22 Å². The predicted molar refractivity (Wildman–Crippen MR) is 24.0 cm³/mol. The van der Waals surface area contributed by atoms with Gasteiger partial charge in [0.05, 0.1) is 0 Å². The Morgan fingerprint density at radius 3 is 2.83 bits per heavy atom. The zero-order chi connectivity index (χ0) is 4.83. The van der Waals surface area contributed by atoms with Crippen LogP contribution in [-0.4, -0.2) is 23.3 Å². The normalized spacial score (nSPS) is 7.33. The first-order chi connectivity index (χ1) is 2.91. The molecular formula is C2H5NO2Si. The van der Waals surface area contributed by atoms with Gasteiger partial charge in [-0.25, -0.2) is 4.79 Å². The molecule has 0 rings (SSSR count). The summed E-state index contributed by atoms with van der Waals surface area (Å²) in [4.78, 5) is 12.3. The monoisotopic (exact) mass is 103 g/mol. The number of rotatable bonds is 2. The Kier molecular flexibility index (Phi) is 4.22. The lowest BCUT2D eigenvalue weighted by Gasteiger charge is -1.79. The maximum absolute atomic E-state index is 9.21. The number of nitrogens with zero attached hydrogens (tertiary/aromatic N) is 1. The Bertz CT molecular complexity index is 67.9. The first-order valence-corrected chi connectivity index (χ1v) is 2.26. The Morgan fingerprint density at radius 1 is 2.00 bits per heavy atom. The molecule has 3 nitrogen and oxygen atoms in total. The van der Waals surface area contributed by atoms with Crippen molar-refractivity contribution in [3.8, 4) is 0 Å². The van der Waals surface area contributed by atoms with Gasteiger partial charge in [0.1, 0.15) is 17.2 Å². The van der Waals surface area contributed by atoms with E-state index in [9.17, 15) is 4.79 Å². The average molecular weight is 103 g/mol. The average Bonchev–Trinajstić information content (AvgIpc) is 1.61. The fraction of sp³-hybridized carbons (Fsp3) is 0.500. The Labute approximate surface area is 38.6 Å². The number of hydrogen-bond acceptors (Lipinski definition) is 3. The molecule has 0 heterocycles. The molecule has 4 heteroatoms. The fourth-order valence-electron chi connectivity index (χ4n) is 0.0909. The molecule has 0 unspecified atom stereocenters. The van der Waals surface area contributed by atoms with Crippen LogP contribution in [0.5, 0.6) is 0 Å². The maximum Gasteiger partial charge on any atom is 0.237 e. The SMILES string of the molecule is O=C=NCO[SiH3]. The van der Waals surface area contributed by atoms with Crippen LogP contribution in [-0.2, 0) is 9.22 Å². The van der Waals surface area contributed by atoms with Crippen LogP contribution in [0.25, 0.3) is 0 Å². The molecule has 0 aliphatic carbocycles. The Morgan fingerprint density at radius 2 is 2.67 bits per heavy atom. The van der Waals surface area contributed by atoms with Crippen LogP contribution in [0.2, 0.25) is 0 Å². The molecule has 0 fully saturated rings. The maximum atomic E-state index is 9.21. The summed E-state index contributed by atoms with van der Waals surface area (Å²) in [5.41, 5.74) is 0. The summed E-state index contributed by atoms with van der Waals surface area (Å²) in [5, 5.41) is 0. The topological polar surface area (TPSA) is 38.7 Å². The van der Waals surface area contributed by atoms with Crippen molar-refractivity contribution in [2.75, 3.05) is 6.73 Å². The van der Waals surface area contributed by atoms with Crippen molar-refractivity contribution in [1.82, 2.24) is 0 Å². The highest BCUT2D eigenvalue weighted by molar-refractivity contribution is 5.97. The summed E-state index contributed by atoms with van der Waals surface area (Å²) in [7, 11) is 0.631. The standard InChI is InChI=1S/C2H5NO2Si/c4-1-3-2-5-6/h2H2,6H3. The van der Waals surface area contributed by atoms with Gasteiger partial charge in [-0.1, -0.05) is 0 Å². The number of isocyanates is 1. The van der Waals surface area contributed by atoms with Crippen molar-refractivity contribution in [2.45, 2.75) is 0 Å². The lowest BCUT2D eigenvalue weighted by atomic mass is 11.3. The molecule has 0 bridgehead atoms. The summed E-state index contributed by atoms with van der Waals surface area (Å²) in [6.45, 7) is 0.176. The van der Waals surface area contributed by atoms with E-state index >= 15 is 0 Å². The van der Waals surface area contributed by atoms with E-state index in [-0.39, 0.29) is 6.73 Å². The lowest BCUT2D eigenvalue weighted by molar-refractivity contribution is 0.364. The van der Waals surface area contributed by atoms with Gasteiger partial charge < -0.3 is 4.43 Å². The Balaban J connectivity index is 2.86. The van der Waals surface area contributed by atoms with E-state index in [0.717, 1.165) is 0 Å². The second-order valence-corrected chi connectivity index (χ2v) is 1.24. The minimum atomic E-state index is 0.176. The van der Waals surface area contributed by atoms with Crippen LogP contribution < -0.4 is 0 Å². The highest BCUT2D eigenvalue weighted by Crippen LogP contribution is 1.59. The molecule has 0 aromatic heterocycles. The molecule has 0 amide bonds. The van der Waals surface area contributed by atoms with E-state index in [1.54, 1.807) is 0 Å². The summed E-state index contributed by atoms with van der Waals surface area (Å²) in [6.07, 6.45) is 1.34. The highest BCUT2D eigenvalue weighted by atomic mass is 28.2. The number of aliphatic imine (C=N–C) groups is 1. The molecular weight excluding hydrogens is 98.1 g/mol. The zero-order valence-electron chi connectivity index (χ0n) is 3.47. The van der Waals surface area contributed by atoms with E-state index in [0.29, 0.717) is 10.5 Å². The first kappa shape index (κ1) is 5.56. The van der Waals surface area contributed by atoms with E-state index < -0.39 is 0 Å². The molecule has 0 saturated heterocycles. The van der Waals surface area contributed by atoms with Gasteiger partial charge in [0.2, 0.25) is 6.08 Å². The lowest BCUT2D eigenvalue weighted by Crippen LogP contribution is -1.80. The second kappa shape index (κ2) is 4.56. The quantitative estimate of drug-likeness (QED) is 0.244. The first-order valence-electron chi connectivity index (χ1n) is 1.44. The number of carbonyl (C=O) groups excluding carboxylic acids is 1. The van der Waals surface area contributed by atoms with Gasteiger partial charge in [-0.3, -0.25) is 0 Å². The van der Waals surface area contributed by atoms with E-state index in [2.05, 4.69) is 9.42 Å². The molecule has 0 atom stereocenters. The minimum absolute atomic E-state index is 0.176. The van der Waals surface area contributed by atoms with Gasteiger partial charge in [0, 0.05) is 0 Å². The number of hydrogen-bond donors (Lipinski definition) is 0. The summed E-state index contributed by atoms with van der Waals surface area (Å²) < 4.78 is 4.49. The van der Waals surface area contributed by atoms with Gasteiger partial charge in [0.25, 0.3) is 0 Å². The van der Waals surface area contributed by atoms with Crippen molar-refractivity contribution in [2.24, 2.45) is 4.99 Å². The third-order valence-electron chi connectivity index (χ3n) is 0.258. The van der Waals surface area contributed by atoms with Crippen LogP contribution in [0.15, 0.2) is 4.99 Å². The van der Waals surface area contributed by atoms with E-state index in [4.69, 9.17) is 0 Å². The van der Waals surface area contributed by atoms with Crippen LogP contribution >= 0.6 is 0 Å². The second-order valence-electron chi connectivity index (χ2n) is 0.667. The molecule has 0 spiro atoms. The largest absolute Gasteiger partial charge is 0.409 e. The molecule has 0 aliphatic heterocycles. The van der Waals surface area contributed by atoms with Crippen LogP contribution in [0.4, 0.5) is 0 Å². The molecule has 6 heavy (non-hydrogen) atoms. The van der Waals surface area contributed by atoms with Crippen LogP contribution in [0.1, 0.15) is 0 Å². The third kappa shape index (κ3) is 3.56. The molecule has 0 radical (unpaired) electrons. The summed E-state index contributed by atoms with van der Waals surface area (Å²) >= 11 is 0. The molecule has 0 saturated carbocycles. The van der Waals surface area contributed by atoms with Gasteiger partial charge in [-0.15, -0.1) is 0 Å². The van der Waals surface area contributed by atoms with Crippen molar-refractivity contribution in [1.29, 1.82) is 0 Å². The molecule has 0 aliphatic rings. The Hall–Kier alpha value is -0.443. The smallest absolute Gasteiger partial charge is 0.237 e. The molecule has 0 aromatic carbocycles. The van der Waals surface area contributed by atoms with Crippen LogP contribution in [0.3, 0.4) is 0 Å². The van der Waals surface area contributed by atoms with Crippen molar-refractivity contribution >= 4 is 16.6 Å². The summed E-state index contributed by atoms with van der Waals surface area (Å²) in [5.74, 6) is 0. The molecule has 34 valence electrons. The molecule has 0 N–H and O–H groups in total. The predicted octanol–water partition coefficient (Wildman–Crippen LogP) is -1.42. The van der Waals surface area contributed by atoms with Gasteiger partial charge in [0.15, 0.2) is 0 Å². The van der Waals surface area contributed by atoms with E-state index in [1.807, 2.05) is 0 Å². The minimum Gasteiger partial charge on any atom is -0.409 e. The van der Waals surface area contributed by atoms with Crippen molar-refractivity contribution in [3.63, 3.8) is 0 Å². The zero-order valence-corrected chi connectivity index (χ0v) is 5.47. The van der Waals surface area contributed by atoms with Crippen molar-refractivity contribution in [3.05, 3.63) is 0 Å². The van der Waals surface area contributed by atoms with Gasteiger partial charge >= 0.3 is 0 Å². The molecule has 0 aromatic rings. The van der Waals surface area contributed by atoms with Crippen LogP contribution in [0, 0.1) is 0 Å².